The van der Waals surface area contributed by atoms with Crippen LogP contribution in [-0.4, -0.2) is 20.1 Å². The van der Waals surface area contributed by atoms with E-state index in [0.717, 1.165) is 55.5 Å². The molecule has 0 amide bonds. The Bertz CT molecular complexity index is 2030. The number of fused-ring (bicyclic) bond motifs is 2. The van der Waals surface area contributed by atoms with Gasteiger partial charge in [0.1, 0.15) is 11.3 Å². The smallest absolute Gasteiger partial charge is 0.230 e. The molecule has 0 saturated carbocycles. The van der Waals surface area contributed by atoms with Gasteiger partial charge in [-0.2, -0.15) is 0 Å². The van der Waals surface area contributed by atoms with E-state index in [4.69, 9.17) is 14.4 Å². The van der Waals surface area contributed by atoms with Crippen molar-refractivity contribution in [2.24, 2.45) is 0 Å². The molecule has 1 N–H and O–H groups in total. The van der Waals surface area contributed by atoms with E-state index in [2.05, 4.69) is 104 Å². The Morgan fingerprint density at radius 1 is 0.644 bits per heavy atom. The van der Waals surface area contributed by atoms with Gasteiger partial charge in [0.15, 0.2) is 0 Å². The van der Waals surface area contributed by atoms with Crippen LogP contribution in [0.1, 0.15) is 79.0 Å². The molecule has 3 aromatic carbocycles. The molecule has 0 aliphatic heterocycles. The molecule has 0 bridgehead atoms. The number of phenols is 1. The zero-order chi connectivity index (χ0) is 31.6. The van der Waals surface area contributed by atoms with E-state index in [1.54, 1.807) is 12.3 Å². The SMILES string of the molecule is CC(C)(C)c1cc(-c2nccc3cccnc23)[c-]c(-c2cc(C(C)(C)C)cc3oc(-c4cc(C(C)(C)C)ccc4O)nc23)c1.[Pt]. The topological polar surface area (TPSA) is 72.0 Å². The van der Waals surface area contributed by atoms with E-state index in [0.29, 0.717) is 17.0 Å². The number of rotatable bonds is 3. The van der Waals surface area contributed by atoms with Crippen LogP contribution >= 0.6 is 0 Å². The van der Waals surface area contributed by atoms with Gasteiger partial charge in [0.05, 0.1) is 16.6 Å². The Kier molecular flexibility index (Phi) is 8.33. The van der Waals surface area contributed by atoms with Gasteiger partial charge in [-0.25, -0.2) is 4.98 Å². The zero-order valence-corrected chi connectivity index (χ0v) is 29.7. The molecule has 0 unspecified atom stereocenters. The fraction of sp³-hybridized carbons (Fsp3) is 0.308. The number of aromatic nitrogens is 3. The van der Waals surface area contributed by atoms with E-state index < -0.39 is 0 Å². The largest absolute Gasteiger partial charge is 0.507 e. The summed E-state index contributed by atoms with van der Waals surface area (Å²) in [6.07, 6.45) is 3.64. The number of nitrogens with zero attached hydrogens (tertiary/aromatic N) is 3. The minimum atomic E-state index is -0.143. The molecule has 6 heteroatoms. The van der Waals surface area contributed by atoms with Crippen molar-refractivity contribution in [2.75, 3.05) is 0 Å². The second-order valence-corrected chi connectivity index (χ2v) is 14.8. The minimum absolute atomic E-state index is 0. The molecule has 0 aliphatic carbocycles. The molecular weight excluding hydrogens is 738 g/mol. The summed E-state index contributed by atoms with van der Waals surface area (Å²) in [5.41, 5.74) is 9.33. The third-order valence-electron chi connectivity index (χ3n) is 8.26. The van der Waals surface area contributed by atoms with E-state index in [1.807, 2.05) is 30.5 Å². The molecule has 0 radical (unpaired) electrons. The second kappa shape index (κ2) is 11.5. The minimum Gasteiger partial charge on any atom is -0.507 e. The number of aromatic hydroxyl groups is 1. The van der Waals surface area contributed by atoms with E-state index in [1.165, 1.54) is 0 Å². The van der Waals surface area contributed by atoms with Crippen LogP contribution in [0.3, 0.4) is 0 Å². The second-order valence-electron chi connectivity index (χ2n) is 14.8. The summed E-state index contributed by atoms with van der Waals surface area (Å²) in [4.78, 5) is 14.5. The standard InChI is InChI=1S/C39H40N3O2.Pt/c1-37(2,3)26-12-13-31(43)30(20-26)36-42-35-29(21-28(39(7,8)9)22-32(35)44-36)24-17-25(19-27(18-24)38(4,5)6)34-33-23(14-16-41-34)11-10-15-40-33;/h10-16,18-22,43H,1-9H3;/q-1;. The maximum absolute atomic E-state index is 10.9. The Morgan fingerprint density at radius 2 is 1.29 bits per heavy atom. The summed E-state index contributed by atoms with van der Waals surface area (Å²) in [5, 5.41) is 11.9. The average molecular weight is 778 g/mol. The number of phenolic OH excluding ortho intramolecular Hbond substituents is 1. The molecule has 6 aromatic rings. The Labute approximate surface area is 280 Å². The van der Waals surface area contributed by atoms with E-state index in [9.17, 15) is 5.11 Å². The summed E-state index contributed by atoms with van der Waals surface area (Å²) in [5.74, 6) is 0.531. The van der Waals surface area contributed by atoms with Gasteiger partial charge in [0, 0.05) is 39.2 Å². The van der Waals surface area contributed by atoms with Crippen molar-refractivity contribution >= 4 is 22.0 Å². The molecular formula is C39H40N3O2Pt-. The van der Waals surface area contributed by atoms with Crippen molar-refractivity contribution in [1.29, 1.82) is 0 Å². The fourth-order valence-electron chi connectivity index (χ4n) is 5.43. The fourth-order valence-corrected chi connectivity index (χ4v) is 5.43. The molecule has 0 atom stereocenters. The molecule has 0 spiro atoms. The summed E-state index contributed by atoms with van der Waals surface area (Å²) >= 11 is 0. The van der Waals surface area contributed by atoms with Crippen molar-refractivity contribution in [3.05, 3.63) is 95.8 Å². The van der Waals surface area contributed by atoms with Crippen molar-refractivity contribution in [3.63, 3.8) is 0 Å². The molecule has 0 fully saturated rings. The summed E-state index contributed by atoms with van der Waals surface area (Å²) in [7, 11) is 0. The van der Waals surface area contributed by atoms with Crippen LogP contribution in [0.15, 0.2) is 77.5 Å². The van der Waals surface area contributed by atoms with Gasteiger partial charge >= 0.3 is 0 Å². The van der Waals surface area contributed by atoms with Crippen LogP contribution in [-0.2, 0) is 37.3 Å². The number of benzene rings is 3. The van der Waals surface area contributed by atoms with Crippen molar-refractivity contribution in [1.82, 2.24) is 15.0 Å². The molecule has 234 valence electrons. The third kappa shape index (κ3) is 6.33. The van der Waals surface area contributed by atoms with Crippen molar-refractivity contribution < 1.29 is 30.6 Å². The van der Waals surface area contributed by atoms with Crippen LogP contribution in [0.25, 0.3) is 55.8 Å². The van der Waals surface area contributed by atoms with E-state index in [-0.39, 0.29) is 43.1 Å². The van der Waals surface area contributed by atoms with Crippen LogP contribution in [0.5, 0.6) is 5.75 Å². The number of pyridine rings is 2. The van der Waals surface area contributed by atoms with Gasteiger partial charge in [-0.15, -0.1) is 29.3 Å². The number of hydrogen-bond donors (Lipinski definition) is 1. The van der Waals surface area contributed by atoms with Crippen molar-refractivity contribution in [3.8, 4) is 39.6 Å². The van der Waals surface area contributed by atoms with Crippen LogP contribution < -0.4 is 0 Å². The Balaban J connectivity index is 0.00000400. The Morgan fingerprint density at radius 3 is 1.98 bits per heavy atom. The predicted molar refractivity (Wildman–Crippen MR) is 180 cm³/mol. The van der Waals surface area contributed by atoms with Gasteiger partial charge in [-0.3, -0.25) is 9.97 Å². The molecule has 5 nitrogen and oxygen atoms in total. The number of oxazole rings is 1. The first kappa shape index (κ1) is 32.6. The summed E-state index contributed by atoms with van der Waals surface area (Å²) in [6.45, 7) is 19.7. The van der Waals surface area contributed by atoms with Crippen LogP contribution in [0.2, 0.25) is 0 Å². The van der Waals surface area contributed by atoms with Crippen LogP contribution in [0, 0.1) is 6.07 Å². The molecule has 6 rings (SSSR count). The molecule has 3 heterocycles. The molecule has 0 saturated heterocycles. The average Bonchev–Trinajstić information content (AvgIpc) is 3.39. The zero-order valence-electron chi connectivity index (χ0n) is 27.4. The van der Waals surface area contributed by atoms with Gasteiger partial charge in [0.2, 0.25) is 5.89 Å². The quantitative estimate of drug-likeness (QED) is 0.181. The van der Waals surface area contributed by atoms with Crippen LogP contribution in [0.4, 0.5) is 0 Å². The normalized spacial score (nSPS) is 12.5. The molecule has 3 aromatic heterocycles. The summed E-state index contributed by atoms with van der Waals surface area (Å²) < 4.78 is 6.46. The van der Waals surface area contributed by atoms with Gasteiger partial charge in [-0.1, -0.05) is 91.6 Å². The van der Waals surface area contributed by atoms with Gasteiger partial charge < -0.3 is 9.52 Å². The molecule has 45 heavy (non-hydrogen) atoms. The first-order valence-corrected chi connectivity index (χ1v) is 15.2. The summed E-state index contributed by atoms with van der Waals surface area (Å²) in [6, 6.07) is 24.0. The first-order valence-electron chi connectivity index (χ1n) is 15.2. The third-order valence-corrected chi connectivity index (χ3v) is 8.26. The van der Waals surface area contributed by atoms with E-state index >= 15 is 0 Å². The van der Waals surface area contributed by atoms with Crippen molar-refractivity contribution in [2.45, 2.75) is 78.6 Å². The molecule has 0 aliphatic rings. The van der Waals surface area contributed by atoms with Gasteiger partial charge in [0.25, 0.3) is 0 Å². The maximum atomic E-state index is 10.9. The number of hydrogen-bond acceptors (Lipinski definition) is 5. The van der Waals surface area contributed by atoms with Gasteiger partial charge in [-0.05, 0) is 63.1 Å². The Hall–Kier alpha value is -3.82. The predicted octanol–water partition coefficient (Wildman–Crippen LogP) is 10.2. The maximum Gasteiger partial charge on any atom is 0.230 e. The first-order chi connectivity index (χ1) is 20.6. The monoisotopic (exact) mass is 777 g/mol.